The van der Waals surface area contributed by atoms with E-state index in [1.165, 1.54) is 34.1 Å². The van der Waals surface area contributed by atoms with E-state index < -0.39 is 17.3 Å². The molecule has 0 spiro atoms. The Bertz CT molecular complexity index is 1320. The number of carboxylic acid groups (broad SMARTS) is 1. The average Bonchev–Trinajstić information content (AvgIpc) is 3.16. The Labute approximate surface area is 178 Å². The second kappa shape index (κ2) is 8.29. The topological polar surface area (TPSA) is 81.4 Å². The van der Waals surface area contributed by atoms with E-state index in [9.17, 15) is 14.0 Å². The molecule has 2 aromatic heterocycles. The number of benzene rings is 2. The second-order valence-electron chi connectivity index (χ2n) is 6.26. The van der Waals surface area contributed by atoms with Gasteiger partial charge in [-0.2, -0.15) is 0 Å². The number of methoxy groups -OCH3 is 1. The van der Waals surface area contributed by atoms with Crippen molar-refractivity contribution in [1.29, 1.82) is 0 Å². The summed E-state index contributed by atoms with van der Waals surface area (Å²) in [6, 6.07) is 12.9. The molecular weight excluding hydrogens is 427 g/mol. The maximum Gasteiger partial charge on any atom is 0.313 e. The molecule has 0 atom stereocenters. The molecule has 0 unspecified atom stereocenters. The van der Waals surface area contributed by atoms with Gasteiger partial charge in [0.25, 0.3) is 5.56 Å². The molecule has 0 aliphatic rings. The zero-order valence-corrected chi connectivity index (χ0v) is 17.3. The summed E-state index contributed by atoms with van der Waals surface area (Å²) >= 11 is 2.20. The number of rotatable bonds is 6. The molecule has 4 rings (SSSR count). The summed E-state index contributed by atoms with van der Waals surface area (Å²) < 4.78 is 20.4. The van der Waals surface area contributed by atoms with Gasteiger partial charge < -0.3 is 9.84 Å². The van der Waals surface area contributed by atoms with Crippen LogP contribution in [0.5, 0.6) is 5.75 Å². The molecule has 0 fully saturated rings. The Balaban J connectivity index is 1.98. The highest BCUT2D eigenvalue weighted by Gasteiger charge is 2.19. The number of hydrogen-bond acceptors (Lipinski definition) is 6. The van der Waals surface area contributed by atoms with Crippen LogP contribution in [0.1, 0.15) is 0 Å². The van der Waals surface area contributed by atoms with E-state index in [-0.39, 0.29) is 16.6 Å². The highest BCUT2D eigenvalue weighted by molar-refractivity contribution is 7.99. The lowest BCUT2D eigenvalue weighted by molar-refractivity contribution is -0.133. The van der Waals surface area contributed by atoms with Crippen LogP contribution in [-0.4, -0.2) is 33.5 Å². The smallest absolute Gasteiger partial charge is 0.313 e. The lowest BCUT2D eigenvalue weighted by Crippen LogP contribution is -2.22. The summed E-state index contributed by atoms with van der Waals surface area (Å²) in [5.41, 5.74) is 1.37. The first-order chi connectivity index (χ1) is 14.5. The number of fused-ring (bicyclic) bond motifs is 1. The van der Waals surface area contributed by atoms with Crippen LogP contribution in [0, 0.1) is 5.82 Å². The van der Waals surface area contributed by atoms with Gasteiger partial charge in [-0.3, -0.25) is 14.2 Å². The molecule has 2 heterocycles. The van der Waals surface area contributed by atoms with E-state index in [2.05, 4.69) is 4.98 Å². The van der Waals surface area contributed by atoms with Crippen LogP contribution in [0.3, 0.4) is 0 Å². The van der Waals surface area contributed by atoms with E-state index >= 15 is 0 Å². The Hall–Kier alpha value is -3.17. The highest BCUT2D eigenvalue weighted by atomic mass is 32.2. The fourth-order valence-corrected chi connectivity index (χ4v) is 4.76. The van der Waals surface area contributed by atoms with Crippen molar-refractivity contribution in [2.45, 2.75) is 5.16 Å². The van der Waals surface area contributed by atoms with E-state index in [1.54, 1.807) is 13.2 Å². The van der Waals surface area contributed by atoms with Gasteiger partial charge >= 0.3 is 5.97 Å². The van der Waals surface area contributed by atoms with Gasteiger partial charge in [0.1, 0.15) is 16.4 Å². The predicted octanol–water partition coefficient (Wildman–Crippen LogP) is 4.44. The number of hydrogen-bond donors (Lipinski definition) is 1. The van der Waals surface area contributed by atoms with Crippen molar-refractivity contribution in [3.05, 3.63) is 70.1 Å². The normalized spacial score (nSPS) is 11.0. The first-order valence-electron chi connectivity index (χ1n) is 8.77. The van der Waals surface area contributed by atoms with Gasteiger partial charge in [0.05, 0.1) is 23.9 Å². The summed E-state index contributed by atoms with van der Waals surface area (Å²) in [7, 11) is 1.56. The quantitative estimate of drug-likeness (QED) is 0.351. The first-order valence-corrected chi connectivity index (χ1v) is 10.6. The SMILES string of the molecule is COc1cccc(-c2csc3nc(SCC(=O)O)n(-c4cccc(F)c4)c(=O)c23)c1. The summed E-state index contributed by atoms with van der Waals surface area (Å²) in [5, 5.41) is 11.5. The molecule has 1 N–H and O–H groups in total. The van der Waals surface area contributed by atoms with Gasteiger partial charge in [0, 0.05) is 10.9 Å². The molecule has 0 saturated heterocycles. The minimum atomic E-state index is -1.04. The summed E-state index contributed by atoms with van der Waals surface area (Å²) in [4.78, 5) is 29.6. The molecule has 4 aromatic rings. The standard InChI is InChI=1S/C21H15FN2O4S2/c1-28-15-7-2-4-12(8-15)16-10-29-19-18(16)20(27)24(14-6-3-5-13(22)9-14)21(23-19)30-11-17(25)26/h2-10H,11H2,1H3,(H,25,26). The van der Waals surface area contributed by atoms with Crippen molar-refractivity contribution in [1.82, 2.24) is 9.55 Å². The third-order valence-corrected chi connectivity index (χ3v) is 6.14. The number of carboxylic acids is 1. The van der Waals surface area contributed by atoms with Gasteiger partial charge in [-0.05, 0) is 35.9 Å². The van der Waals surface area contributed by atoms with Gasteiger partial charge in [0.2, 0.25) is 0 Å². The maximum atomic E-state index is 13.9. The lowest BCUT2D eigenvalue weighted by Gasteiger charge is -2.12. The Morgan fingerprint density at radius 3 is 2.80 bits per heavy atom. The Kier molecular flexibility index (Phi) is 5.56. The minimum Gasteiger partial charge on any atom is -0.497 e. The lowest BCUT2D eigenvalue weighted by atomic mass is 10.1. The van der Waals surface area contributed by atoms with Crippen LogP contribution >= 0.6 is 23.1 Å². The minimum absolute atomic E-state index is 0.194. The van der Waals surface area contributed by atoms with E-state index in [0.717, 1.165) is 17.3 Å². The number of thiophene rings is 1. The molecule has 0 aliphatic heterocycles. The zero-order valence-electron chi connectivity index (χ0n) is 15.7. The maximum absolute atomic E-state index is 13.9. The number of aromatic nitrogens is 2. The number of halogens is 1. The number of carbonyl (C=O) groups is 1. The molecule has 6 nitrogen and oxygen atoms in total. The molecule has 0 amide bonds. The van der Waals surface area contributed by atoms with Crippen LogP contribution in [0.15, 0.2) is 63.9 Å². The molecule has 0 bridgehead atoms. The highest BCUT2D eigenvalue weighted by Crippen LogP contribution is 2.34. The number of nitrogens with zero attached hydrogens (tertiary/aromatic N) is 2. The molecule has 30 heavy (non-hydrogen) atoms. The molecule has 0 aliphatic carbocycles. The van der Waals surface area contributed by atoms with Crippen molar-refractivity contribution in [3.8, 4) is 22.6 Å². The fraction of sp³-hybridized carbons (Fsp3) is 0.0952. The van der Waals surface area contributed by atoms with Gasteiger partial charge in [-0.15, -0.1) is 11.3 Å². The van der Waals surface area contributed by atoms with Gasteiger partial charge in [-0.1, -0.05) is 30.0 Å². The van der Waals surface area contributed by atoms with Crippen LogP contribution in [0.25, 0.3) is 27.0 Å². The second-order valence-corrected chi connectivity index (χ2v) is 8.06. The van der Waals surface area contributed by atoms with Crippen LogP contribution in [-0.2, 0) is 4.79 Å². The number of aliphatic carboxylic acids is 1. The summed E-state index contributed by atoms with van der Waals surface area (Å²) in [6.45, 7) is 0. The number of thioether (sulfide) groups is 1. The van der Waals surface area contributed by atoms with E-state index in [1.807, 2.05) is 29.6 Å². The van der Waals surface area contributed by atoms with E-state index in [4.69, 9.17) is 9.84 Å². The average molecular weight is 442 g/mol. The van der Waals surface area contributed by atoms with Gasteiger partial charge in [-0.25, -0.2) is 9.37 Å². The molecule has 2 aromatic carbocycles. The zero-order chi connectivity index (χ0) is 21.3. The Morgan fingerprint density at radius 2 is 2.07 bits per heavy atom. The first kappa shape index (κ1) is 20.1. The van der Waals surface area contributed by atoms with Crippen molar-refractivity contribution >= 4 is 39.3 Å². The van der Waals surface area contributed by atoms with Gasteiger partial charge in [0.15, 0.2) is 5.16 Å². The largest absolute Gasteiger partial charge is 0.497 e. The fourth-order valence-electron chi connectivity index (χ4n) is 3.04. The molecule has 0 radical (unpaired) electrons. The van der Waals surface area contributed by atoms with Crippen LogP contribution in [0.4, 0.5) is 4.39 Å². The van der Waals surface area contributed by atoms with Crippen molar-refractivity contribution in [2.24, 2.45) is 0 Å². The molecular formula is C21H15FN2O4S2. The molecule has 152 valence electrons. The molecule has 9 heteroatoms. The van der Waals surface area contributed by atoms with Crippen molar-refractivity contribution in [2.75, 3.05) is 12.9 Å². The number of ether oxygens (including phenoxy) is 1. The predicted molar refractivity (Wildman–Crippen MR) is 116 cm³/mol. The monoisotopic (exact) mass is 442 g/mol. The Morgan fingerprint density at radius 1 is 1.27 bits per heavy atom. The van der Waals surface area contributed by atoms with E-state index in [0.29, 0.717) is 21.5 Å². The third kappa shape index (κ3) is 3.81. The van der Waals surface area contributed by atoms with Crippen molar-refractivity contribution in [3.63, 3.8) is 0 Å². The summed E-state index contributed by atoms with van der Waals surface area (Å²) in [6.07, 6.45) is 0. The summed E-state index contributed by atoms with van der Waals surface area (Å²) in [5.74, 6) is -1.17. The van der Waals surface area contributed by atoms with Crippen LogP contribution < -0.4 is 10.3 Å². The third-order valence-electron chi connectivity index (χ3n) is 4.35. The molecule has 0 saturated carbocycles. The van der Waals surface area contributed by atoms with Crippen molar-refractivity contribution < 1.29 is 19.0 Å². The van der Waals surface area contributed by atoms with Crippen LogP contribution in [0.2, 0.25) is 0 Å².